The molecule has 0 bridgehead atoms. The Labute approximate surface area is 76.8 Å². The summed E-state index contributed by atoms with van der Waals surface area (Å²) in [5, 5.41) is 8.04. The van der Waals surface area contributed by atoms with Crippen molar-refractivity contribution in [3.8, 4) is 0 Å². The Balaban J connectivity index is 3.74. The van der Waals surface area contributed by atoms with Crippen molar-refractivity contribution in [2.24, 2.45) is 0 Å². The first-order valence-electron chi connectivity index (χ1n) is 1.56. The number of hydrogen-bond donors (Lipinski definition) is 1. The van der Waals surface area contributed by atoms with Crippen LogP contribution in [0.2, 0.25) is 0 Å². The van der Waals surface area contributed by atoms with Gasteiger partial charge in [-0.25, -0.2) is 0 Å². The molecule has 1 N–H and O–H groups in total. The predicted octanol–water partition coefficient (Wildman–Crippen LogP) is -0.536. The van der Waals surface area contributed by atoms with E-state index in [0.717, 1.165) is 0 Å². The van der Waals surface area contributed by atoms with Crippen LogP contribution in [0.1, 0.15) is 0 Å². The summed E-state index contributed by atoms with van der Waals surface area (Å²) in [6.45, 7) is 0. The summed E-state index contributed by atoms with van der Waals surface area (Å²) in [6.07, 6.45) is 0. The molecular weight excluding hydrogens is 164 g/mol. The second-order valence-corrected chi connectivity index (χ2v) is 8.17. The van der Waals surface area contributed by atoms with Gasteiger partial charge in [0.2, 0.25) is 0 Å². The molecule has 8 heavy (non-hydrogen) atoms. The fourth-order valence-electron chi connectivity index (χ4n) is 0.124. The first-order valence-corrected chi connectivity index (χ1v) is 7.77. The second kappa shape index (κ2) is 3.26. The Morgan fingerprint density at radius 2 is 2.25 bits per heavy atom. The van der Waals surface area contributed by atoms with Crippen LogP contribution in [0.3, 0.4) is 0 Å². The Hall–Kier alpha value is 1.03. The van der Waals surface area contributed by atoms with Gasteiger partial charge in [-0.05, 0) is 0 Å². The van der Waals surface area contributed by atoms with Crippen LogP contribution in [0.5, 0.6) is 0 Å². The summed E-state index contributed by atoms with van der Waals surface area (Å²) in [5.41, 5.74) is 0. The summed E-state index contributed by atoms with van der Waals surface area (Å²) in [5.74, 6) is 0. The van der Waals surface area contributed by atoms with Crippen LogP contribution in [-0.4, -0.2) is 58.0 Å². The maximum atomic E-state index is 10.0. The van der Waals surface area contributed by atoms with Crippen molar-refractivity contribution in [1.82, 2.24) is 0 Å². The molecule has 42 valence electrons. The Bertz CT molecular complexity index is 135. The summed E-state index contributed by atoms with van der Waals surface area (Å²) in [7, 11) is 0. The van der Waals surface area contributed by atoms with E-state index in [0.29, 0.717) is 0 Å². The molecule has 0 saturated heterocycles. The zero-order valence-electron chi connectivity index (χ0n) is 3.97. The topological polar surface area (TPSA) is 89.7 Å². The first-order chi connectivity index (χ1) is 3.42. The van der Waals surface area contributed by atoms with Gasteiger partial charge in [-0.2, -0.15) is 0 Å². The molecule has 1 atom stereocenters. The van der Waals surface area contributed by atoms with Gasteiger partial charge in [-0.1, -0.05) is 0 Å². The minimum absolute atomic E-state index is 0.562. The third-order valence-electron chi connectivity index (χ3n) is 0.218. The predicted molar refractivity (Wildman–Crippen MR) is 23.7 cm³/mol. The number of rotatable bonds is 2. The van der Waals surface area contributed by atoms with E-state index in [4.69, 9.17) is 4.89 Å². The number of hydrogen-bond acceptors (Lipinski definition) is 4. The van der Waals surface area contributed by atoms with Gasteiger partial charge in [-0.3, -0.25) is 0 Å². The monoisotopic (exact) mass is 165 g/mol. The molecular formula is HKNO5P. The third-order valence-corrected chi connectivity index (χ3v) is 1.42. The maximum absolute atomic E-state index is 10.0. The fourth-order valence-corrected chi connectivity index (χ4v) is 0.996. The third kappa shape index (κ3) is 7.03. The Morgan fingerprint density at radius 1 is 1.88 bits per heavy atom. The standard InChI is InChI=1S/K.NO5P/c;2-1(3)6-7(4)5/q-1;/p+1. The average Bonchev–Trinajstić information content (AvgIpc) is 1.21. The van der Waals surface area contributed by atoms with Crippen LogP contribution in [0.4, 0.5) is 0 Å². The van der Waals surface area contributed by atoms with Gasteiger partial charge in [0.05, 0.1) is 0 Å². The zero-order valence-corrected chi connectivity index (χ0v) is 7.99. The Kier molecular flexibility index (Phi) is 3.68. The molecule has 1 unspecified atom stereocenters. The normalized spacial score (nSPS) is 16.9. The van der Waals surface area contributed by atoms with E-state index in [1.54, 1.807) is 0 Å². The molecule has 0 aromatic carbocycles. The van der Waals surface area contributed by atoms with Crippen molar-refractivity contribution in [1.29, 1.82) is 0 Å². The van der Waals surface area contributed by atoms with E-state index in [9.17, 15) is 14.7 Å². The molecule has 0 aliphatic heterocycles. The molecule has 0 aliphatic rings. The fraction of sp³-hybridized carbons (Fsp3) is 0. The van der Waals surface area contributed by atoms with Crippen LogP contribution in [-0.2, 0) is 9.19 Å². The van der Waals surface area contributed by atoms with Crippen molar-refractivity contribution in [2.75, 3.05) is 0 Å². The van der Waals surface area contributed by atoms with Crippen molar-refractivity contribution >= 4 is 48.7 Å². The zero-order chi connectivity index (χ0) is 6.78. The van der Waals surface area contributed by atoms with Crippen LogP contribution < -0.4 is 0 Å². The summed E-state index contributed by atoms with van der Waals surface area (Å²) >= 11 is -0.562. The van der Waals surface area contributed by atoms with Crippen molar-refractivity contribution in [2.45, 2.75) is 0 Å². The first kappa shape index (κ1) is 9.03. The van der Waals surface area contributed by atoms with Crippen molar-refractivity contribution in [3.63, 3.8) is 0 Å². The molecule has 0 radical (unpaired) electrons. The summed E-state index contributed by atoms with van der Waals surface area (Å²) < 4.78 is 9.62. The van der Waals surface area contributed by atoms with Gasteiger partial charge in [0, 0.05) is 0 Å². The van der Waals surface area contributed by atoms with E-state index in [2.05, 4.69) is 4.62 Å². The van der Waals surface area contributed by atoms with Crippen molar-refractivity contribution in [3.05, 3.63) is 10.1 Å². The molecule has 0 aromatic heterocycles. The molecule has 0 amide bonds. The number of nitrogens with zero attached hydrogens (tertiary/aromatic N) is 1. The SMILES string of the molecule is O=[N+]([O-])O[P](=O)(O)[K]. The van der Waals surface area contributed by atoms with Crippen molar-refractivity contribution < 1.29 is 19.2 Å². The molecule has 0 fully saturated rings. The van der Waals surface area contributed by atoms with Gasteiger partial charge in [0.25, 0.3) is 0 Å². The summed E-state index contributed by atoms with van der Waals surface area (Å²) in [4.78, 5) is 17.5. The van der Waals surface area contributed by atoms with Crippen LogP contribution in [0.15, 0.2) is 0 Å². The van der Waals surface area contributed by atoms with Gasteiger partial charge >= 0.3 is 78.0 Å². The minimum atomic E-state index is -3.73. The molecule has 0 heterocycles. The van der Waals surface area contributed by atoms with E-state index < -0.39 is 53.8 Å². The molecule has 0 aromatic rings. The molecule has 0 spiro atoms. The van der Waals surface area contributed by atoms with Gasteiger partial charge < -0.3 is 0 Å². The van der Waals surface area contributed by atoms with Crippen LogP contribution in [0.25, 0.3) is 0 Å². The summed E-state index contributed by atoms with van der Waals surface area (Å²) in [6, 6.07) is 0. The second-order valence-electron chi connectivity index (χ2n) is 1.11. The van der Waals surface area contributed by atoms with E-state index in [-0.39, 0.29) is 0 Å². The molecule has 0 saturated carbocycles. The van der Waals surface area contributed by atoms with Gasteiger partial charge in [0.1, 0.15) is 0 Å². The van der Waals surface area contributed by atoms with Crippen LogP contribution in [0, 0.1) is 10.1 Å². The molecule has 0 aliphatic carbocycles. The average molecular weight is 165 g/mol. The quantitative estimate of drug-likeness (QED) is 0.257. The van der Waals surface area contributed by atoms with Gasteiger partial charge in [0.15, 0.2) is 0 Å². The molecule has 8 heteroatoms. The van der Waals surface area contributed by atoms with E-state index in [1.807, 2.05) is 0 Å². The Morgan fingerprint density at radius 3 is 2.25 bits per heavy atom. The van der Waals surface area contributed by atoms with E-state index in [1.165, 1.54) is 0 Å². The molecule has 0 rings (SSSR count). The molecule has 6 nitrogen and oxygen atoms in total. The van der Waals surface area contributed by atoms with Gasteiger partial charge in [-0.15, -0.1) is 0 Å². The van der Waals surface area contributed by atoms with Crippen LogP contribution >= 0.6 is 0.679 Å². The van der Waals surface area contributed by atoms with E-state index >= 15 is 0 Å².